The normalized spacial score (nSPS) is 17.2. The van der Waals surface area contributed by atoms with Crippen LogP contribution in [0.15, 0.2) is 30.7 Å². The maximum Gasteiger partial charge on any atom is 0.0710 e. The van der Waals surface area contributed by atoms with Crippen LogP contribution in [0.4, 0.5) is 0 Å². The molecule has 5 heteroatoms. The Labute approximate surface area is 124 Å². The summed E-state index contributed by atoms with van der Waals surface area (Å²) >= 11 is 0. The van der Waals surface area contributed by atoms with Gasteiger partial charge in [0.05, 0.1) is 11.9 Å². The van der Waals surface area contributed by atoms with Gasteiger partial charge in [-0.1, -0.05) is 12.8 Å². The molecule has 2 aromatic rings. The van der Waals surface area contributed by atoms with Crippen LogP contribution in [0.3, 0.4) is 0 Å². The average molecular weight is 286 g/mol. The van der Waals surface area contributed by atoms with Crippen LogP contribution in [0.1, 0.15) is 31.2 Å². The van der Waals surface area contributed by atoms with Crippen molar-refractivity contribution in [3.63, 3.8) is 0 Å². The van der Waals surface area contributed by atoms with Gasteiger partial charge >= 0.3 is 0 Å². The maximum absolute atomic E-state index is 9.64. The number of nitrogens with zero attached hydrogens (tertiary/aromatic N) is 2. The van der Waals surface area contributed by atoms with Crippen molar-refractivity contribution >= 4 is 0 Å². The molecule has 3 N–H and O–H groups in total. The van der Waals surface area contributed by atoms with E-state index < -0.39 is 0 Å². The van der Waals surface area contributed by atoms with Crippen LogP contribution in [0, 0.1) is 5.41 Å². The topological polar surface area (TPSA) is 73.8 Å². The van der Waals surface area contributed by atoms with Gasteiger partial charge in [0, 0.05) is 48.6 Å². The van der Waals surface area contributed by atoms with Gasteiger partial charge in [0.2, 0.25) is 0 Å². The van der Waals surface area contributed by atoms with Gasteiger partial charge in [-0.05, 0) is 25.0 Å². The molecule has 0 atom stereocenters. The van der Waals surface area contributed by atoms with Gasteiger partial charge in [0.15, 0.2) is 0 Å². The number of hydrogen-bond acceptors (Lipinski definition) is 4. The number of rotatable bonds is 6. The quantitative estimate of drug-likeness (QED) is 0.760. The summed E-state index contributed by atoms with van der Waals surface area (Å²) in [5, 5.41) is 20.3. The van der Waals surface area contributed by atoms with Crippen molar-refractivity contribution in [2.24, 2.45) is 5.41 Å². The molecule has 0 amide bonds. The molecule has 0 radical (unpaired) electrons. The predicted molar refractivity (Wildman–Crippen MR) is 81.5 cm³/mol. The number of aromatic nitrogens is 3. The van der Waals surface area contributed by atoms with Crippen LogP contribution in [0.5, 0.6) is 0 Å². The predicted octanol–water partition coefficient (Wildman–Crippen LogP) is 2.11. The van der Waals surface area contributed by atoms with Crippen molar-refractivity contribution < 1.29 is 5.11 Å². The summed E-state index contributed by atoms with van der Waals surface area (Å²) in [7, 11) is 0. The van der Waals surface area contributed by atoms with Gasteiger partial charge in [-0.2, -0.15) is 5.10 Å². The second-order valence-corrected chi connectivity index (χ2v) is 5.98. The first kappa shape index (κ1) is 14.2. The molecule has 0 saturated heterocycles. The summed E-state index contributed by atoms with van der Waals surface area (Å²) in [6.07, 6.45) is 10.2. The lowest BCUT2D eigenvalue weighted by atomic mass is 9.87. The Hall–Kier alpha value is -1.72. The highest BCUT2D eigenvalue weighted by atomic mass is 16.3. The summed E-state index contributed by atoms with van der Waals surface area (Å²) in [5.41, 5.74) is 3.27. The van der Waals surface area contributed by atoms with Crippen LogP contribution in [0.2, 0.25) is 0 Å². The highest BCUT2D eigenvalue weighted by Gasteiger charge is 2.32. The molecule has 0 bridgehead atoms. The number of pyridine rings is 1. The van der Waals surface area contributed by atoms with Gasteiger partial charge in [-0.25, -0.2) is 0 Å². The molecule has 1 saturated carbocycles. The second-order valence-electron chi connectivity index (χ2n) is 5.98. The third-order valence-corrected chi connectivity index (χ3v) is 4.48. The van der Waals surface area contributed by atoms with Gasteiger partial charge in [0.1, 0.15) is 0 Å². The minimum absolute atomic E-state index is 0.0815. The van der Waals surface area contributed by atoms with E-state index in [9.17, 15) is 5.11 Å². The highest BCUT2D eigenvalue weighted by Crippen LogP contribution is 2.37. The van der Waals surface area contributed by atoms with Crippen molar-refractivity contribution in [3.05, 3.63) is 36.3 Å². The van der Waals surface area contributed by atoms with E-state index >= 15 is 0 Å². The number of aliphatic hydroxyl groups excluding tert-OH is 1. The third-order valence-electron chi connectivity index (χ3n) is 4.48. The second kappa shape index (κ2) is 6.37. The van der Waals surface area contributed by atoms with Gasteiger partial charge in [-0.3, -0.25) is 10.1 Å². The Morgan fingerprint density at radius 3 is 2.86 bits per heavy atom. The lowest BCUT2D eigenvalue weighted by molar-refractivity contribution is 0.128. The van der Waals surface area contributed by atoms with Crippen LogP contribution in [-0.2, 0) is 6.54 Å². The molecule has 21 heavy (non-hydrogen) atoms. The summed E-state index contributed by atoms with van der Waals surface area (Å²) in [6.45, 7) is 1.89. The van der Waals surface area contributed by atoms with Gasteiger partial charge < -0.3 is 10.4 Å². The van der Waals surface area contributed by atoms with Crippen LogP contribution < -0.4 is 5.32 Å². The molecule has 0 aromatic carbocycles. The fraction of sp³-hybridized carbons (Fsp3) is 0.500. The minimum atomic E-state index is 0.0815. The van der Waals surface area contributed by atoms with E-state index in [1.165, 1.54) is 12.8 Å². The molecule has 1 aliphatic rings. The largest absolute Gasteiger partial charge is 0.396 e. The molecule has 112 valence electrons. The van der Waals surface area contributed by atoms with E-state index in [4.69, 9.17) is 0 Å². The molecule has 3 rings (SSSR count). The molecule has 2 aromatic heterocycles. The monoisotopic (exact) mass is 286 g/mol. The lowest BCUT2D eigenvalue weighted by Crippen LogP contribution is -2.34. The van der Waals surface area contributed by atoms with E-state index in [-0.39, 0.29) is 12.0 Å². The van der Waals surface area contributed by atoms with E-state index in [2.05, 4.69) is 20.5 Å². The molecule has 0 unspecified atom stereocenters. The Kier molecular flexibility index (Phi) is 4.31. The number of H-pyrrole nitrogens is 1. The minimum Gasteiger partial charge on any atom is -0.396 e. The average Bonchev–Trinajstić information content (AvgIpc) is 3.18. The van der Waals surface area contributed by atoms with Crippen molar-refractivity contribution in [1.82, 2.24) is 20.5 Å². The van der Waals surface area contributed by atoms with Crippen molar-refractivity contribution in [2.45, 2.75) is 32.2 Å². The third kappa shape index (κ3) is 3.14. The fourth-order valence-electron chi connectivity index (χ4n) is 3.18. The SMILES string of the molecule is OCC1(CNCc2cn[nH]c2-c2cccnc2)CCCC1. The van der Waals surface area contributed by atoms with Crippen molar-refractivity contribution in [2.75, 3.05) is 13.2 Å². The van der Waals surface area contributed by atoms with Crippen molar-refractivity contribution in [3.8, 4) is 11.3 Å². The number of aromatic amines is 1. The Balaban J connectivity index is 1.63. The molecular formula is C16H22N4O. The smallest absolute Gasteiger partial charge is 0.0710 e. The van der Waals surface area contributed by atoms with Crippen LogP contribution in [-0.4, -0.2) is 33.4 Å². The maximum atomic E-state index is 9.64. The summed E-state index contributed by atoms with van der Waals surface area (Å²) in [4.78, 5) is 4.15. The zero-order chi connectivity index (χ0) is 14.5. The fourth-order valence-corrected chi connectivity index (χ4v) is 3.18. The van der Waals surface area contributed by atoms with Gasteiger partial charge in [-0.15, -0.1) is 0 Å². The molecule has 1 fully saturated rings. The highest BCUT2D eigenvalue weighted by molar-refractivity contribution is 5.61. The van der Waals surface area contributed by atoms with E-state index in [0.717, 1.165) is 42.8 Å². The Bertz CT molecular complexity index is 561. The molecule has 0 aliphatic heterocycles. The lowest BCUT2D eigenvalue weighted by Gasteiger charge is -2.26. The van der Waals surface area contributed by atoms with E-state index in [0.29, 0.717) is 0 Å². The van der Waals surface area contributed by atoms with Crippen LogP contribution >= 0.6 is 0 Å². The number of aliphatic hydroxyl groups is 1. The summed E-state index contributed by atoms with van der Waals surface area (Å²) in [5.74, 6) is 0. The van der Waals surface area contributed by atoms with E-state index in [1.54, 1.807) is 6.20 Å². The molecular weight excluding hydrogens is 264 g/mol. The standard InChI is InChI=1S/C16H22N4O/c21-12-16(5-1-2-6-16)11-18-9-14-10-19-20-15(14)13-4-3-7-17-8-13/h3-4,7-8,10,18,21H,1-2,5-6,9,11-12H2,(H,19,20). The van der Waals surface area contributed by atoms with Crippen LogP contribution in [0.25, 0.3) is 11.3 Å². The number of nitrogens with one attached hydrogen (secondary N) is 2. The number of hydrogen-bond donors (Lipinski definition) is 3. The first-order valence-electron chi connectivity index (χ1n) is 7.57. The zero-order valence-corrected chi connectivity index (χ0v) is 12.2. The van der Waals surface area contributed by atoms with E-state index in [1.807, 2.05) is 24.5 Å². The summed E-state index contributed by atoms with van der Waals surface area (Å²) in [6, 6.07) is 3.95. The first-order valence-corrected chi connectivity index (χ1v) is 7.57. The Morgan fingerprint density at radius 1 is 1.29 bits per heavy atom. The molecule has 2 heterocycles. The Morgan fingerprint density at radius 2 is 2.14 bits per heavy atom. The molecule has 0 spiro atoms. The molecule has 5 nitrogen and oxygen atoms in total. The first-order chi connectivity index (χ1) is 10.3. The van der Waals surface area contributed by atoms with Crippen molar-refractivity contribution in [1.29, 1.82) is 0 Å². The summed E-state index contributed by atoms with van der Waals surface area (Å²) < 4.78 is 0. The van der Waals surface area contributed by atoms with Gasteiger partial charge in [0.25, 0.3) is 0 Å². The molecule has 1 aliphatic carbocycles. The zero-order valence-electron chi connectivity index (χ0n) is 12.2.